The van der Waals surface area contributed by atoms with Gasteiger partial charge in [0, 0.05) is 19.6 Å². The number of hydrogen-bond acceptors (Lipinski definition) is 2. The minimum Gasteiger partial charge on any atom is -0.355 e. The van der Waals surface area contributed by atoms with Gasteiger partial charge in [0.05, 0.1) is 6.54 Å². The summed E-state index contributed by atoms with van der Waals surface area (Å²) in [5.74, 6) is 0.163. The second kappa shape index (κ2) is 7.59. The summed E-state index contributed by atoms with van der Waals surface area (Å²) in [6, 6.07) is 8.56. The fraction of sp³-hybridized carbons (Fsp3) is 0.526. The first-order chi connectivity index (χ1) is 10.8. The number of carbonyl (C=O) groups excluding carboxylic acids is 1. The topological polar surface area (TPSA) is 32.3 Å². The molecule has 3 heteroatoms. The molecule has 0 saturated heterocycles. The SMILES string of the molecule is O=C(CN1CCc2ccccc2C1)NCCC1=CCCCC1. The summed E-state index contributed by atoms with van der Waals surface area (Å²) in [5.41, 5.74) is 4.33. The smallest absolute Gasteiger partial charge is 0.234 e. The third-order valence-corrected chi connectivity index (χ3v) is 4.73. The predicted molar refractivity (Wildman–Crippen MR) is 89.6 cm³/mol. The van der Waals surface area contributed by atoms with Gasteiger partial charge in [-0.05, 0) is 49.7 Å². The van der Waals surface area contributed by atoms with Crippen molar-refractivity contribution in [1.82, 2.24) is 10.2 Å². The minimum atomic E-state index is 0.163. The lowest BCUT2D eigenvalue weighted by Crippen LogP contribution is -2.40. The summed E-state index contributed by atoms with van der Waals surface area (Å²) in [7, 11) is 0. The van der Waals surface area contributed by atoms with E-state index in [1.807, 2.05) is 0 Å². The number of amides is 1. The van der Waals surface area contributed by atoms with Gasteiger partial charge in [0.15, 0.2) is 0 Å². The van der Waals surface area contributed by atoms with Crippen molar-refractivity contribution in [2.45, 2.75) is 45.1 Å². The molecule has 22 heavy (non-hydrogen) atoms. The molecule has 0 bridgehead atoms. The molecule has 0 atom stereocenters. The molecule has 1 heterocycles. The van der Waals surface area contributed by atoms with Crippen LogP contribution in [0.2, 0.25) is 0 Å². The second-order valence-electron chi connectivity index (χ2n) is 6.44. The zero-order chi connectivity index (χ0) is 15.2. The molecule has 1 aliphatic carbocycles. The molecular formula is C19H26N2O. The maximum Gasteiger partial charge on any atom is 0.234 e. The van der Waals surface area contributed by atoms with Crippen LogP contribution >= 0.6 is 0 Å². The van der Waals surface area contributed by atoms with E-state index in [1.54, 1.807) is 0 Å². The Morgan fingerprint density at radius 2 is 2.00 bits per heavy atom. The van der Waals surface area contributed by atoms with Crippen molar-refractivity contribution < 1.29 is 4.79 Å². The van der Waals surface area contributed by atoms with Crippen LogP contribution in [0.3, 0.4) is 0 Å². The Morgan fingerprint density at radius 1 is 1.14 bits per heavy atom. The molecule has 0 unspecified atom stereocenters. The van der Waals surface area contributed by atoms with Crippen LogP contribution in [0.1, 0.15) is 43.2 Å². The molecule has 118 valence electrons. The number of fused-ring (bicyclic) bond motifs is 1. The van der Waals surface area contributed by atoms with Crippen molar-refractivity contribution in [2.24, 2.45) is 0 Å². The zero-order valence-electron chi connectivity index (χ0n) is 13.3. The molecule has 1 amide bonds. The number of nitrogens with zero attached hydrogens (tertiary/aromatic N) is 1. The van der Waals surface area contributed by atoms with E-state index in [-0.39, 0.29) is 5.91 Å². The standard InChI is InChI=1S/C19H26N2O/c22-19(20-12-10-16-6-2-1-3-7-16)15-21-13-11-17-8-4-5-9-18(17)14-21/h4-6,8-9H,1-3,7,10-15H2,(H,20,22). The normalized spacial score (nSPS) is 18.5. The maximum absolute atomic E-state index is 12.1. The van der Waals surface area contributed by atoms with Crippen LogP contribution in [0.5, 0.6) is 0 Å². The second-order valence-corrected chi connectivity index (χ2v) is 6.44. The highest BCUT2D eigenvalue weighted by Gasteiger charge is 2.17. The van der Waals surface area contributed by atoms with Crippen LogP contribution in [0.15, 0.2) is 35.9 Å². The summed E-state index contributed by atoms with van der Waals surface area (Å²) in [6.45, 7) is 3.19. The summed E-state index contributed by atoms with van der Waals surface area (Å²) < 4.78 is 0. The van der Waals surface area contributed by atoms with Crippen molar-refractivity contribution in [3.8, 4) is 0 Å². The van der Waals surface area contributed by atoms with E-state index in [1.165, 1.54) is 42.4 Å². The molecule has 1 N–H and O–H groups in total. The Kier molecular flexibility index (Phi) is 5.28. The summed E-state index contributed by atoms with van der Waals surface area (Å²) in [6.07, 6.45) is 9.51. The molecule has 1 aromatic rings. The largest absolute Gasteiger partial charge is 0.355 e. The van der Waals surface area contributed by atoms with E-state index < -0.39 is 0 Å². The van der Waals surface area contributed by atoms with Gasteiger partial charge in [0.25, 0.3) is 0 Å². The van der Waals surface area contributed by atoms with E-state index in [2.05, 4.69) is 40.6 Å². The summed E-state index contributed by atoms with van der Waals surface area (Å²) >= 11 is 0. The van der Waals surface area contributed by atoms with Crippen molar-refractivity contribution in [3.63, 3.8) is 0 Å². The van der Waals surface area contributed by atoms with E-state index in [0.29, 0.717) is 6.54 Å². The van der Waals surface area contributed by atoms with E-state index >= 15 is 0 Å². The highest BCUT2D eigenvalue weighted by molar-refractivity contribution is 5.78. The van der Waals surface area contributed by atoms with Crippen LogP contribution in [-0.2, 0) is 17.8 Å². The van der Waals surface area contributed by atoms with E-state index in [9.17, 15) is 4.79 Å². The van der Waals surface area contributed by atoms with Crippen LogP contribution in [-0.4, -0.2) is 30.4 Å². The Bertz CT molecular complexity index is 550. The van der Waals surface area contributed by atoms with Gasteiger partial charge < -0.3 is 5.32 Å². The van der Waals surface area contributed by atoms with Crippen molar-refractivity contribution in [2.75, 3.05) is 19.6 Å². The fourth-order valence-electron chi connectivity index (χ4n) is 3.44. The average molecular weight is 298 g/mol. The number of nitrogens with one attached hydrogen (secondary N) is 1. The zero-order valence-corrected chi connectivity index (χ0v) is 13.3. The molecule has 0 spiro atoms. The lowest BCUT2D eigenvalue weighted by molar-refractivity contribution is -0.122. The Labute approximate surface area is 133 Å². The van der Waals surface area contributed by atoms with Gasteiger partial charge in [-0.2, -0.15) is 0 Å². The maximum atomic E-state index is 12.1. The number of carbonyl (C=O) groups is 1. The molecule has 0 saturated carbocycles. The number of allylic oxidation sites excluding steroid dienone is 1. The molecule has 2 aliphatic rings. The minimum absolute atomic E-state index is 0.163. The van der Waals surface area contributed by atoms with Crippen LogP contribution in [0.4, 0.5) is 0 Å². The van der Waals surface area contributed by atoms with Gasteiger partial charge in [-0.15, -0.1) is 0 Å². The van der Waals surface area contributed by atoms with Gasteiger partial charge in [-0.25, -0.2) is 0 Å². The highest BCUT2D eigenvalue weighted by atomic mass is 16.2. The average Bonchev–Trinajstić information content (AvgIpc) is 2.56. The predicted octanol–water partition coefficient (Wildman–Crippen LogP) is 3.05. The monoisotopic (exact) mass is 298 g/mol. The third kappa shape index (κ3) is 4.20. The van der Waals surface area contributed by atoms with Crippen LogP contribution < -0.4 is 5.32 Å². The lowest BCUT2D eigenvalue weighted by atomic mass is 9.97. The first-order valence-electron chi connectivity index (χ1n) is 8.55. The molecule has 0 fully saturated rings. The Morgan fingerprint density at radius 3 is 2.82 bits per heavy atom. The van der Waals surface area contributed by atoms with E-state index in [0.717, 1.165) is 32.5 Å². The first kappa shape index (κ1) is 15.3. The van der Waals surface area contributed by atoms with Gasteiger partial charge in [-0.3, -0.25) is 9.69 Å². The molecule has 3 rings (SSSR count). The number of rotatable bonds is 5. The van der Waals surface area contributed by atoms with Gasteiger partial charge in [0.2, 0.25) is 5.91 Å². The molecular weight excluding hydrogens is 272 g/mol. The van der Waals surface area contributed by atoms with Gasteiger partial charge >= 0.3 is 0 Å². The molecule has 1 aromatic carbocycles. The molecule has 0 aromatic heterocycles. The van der Waals surface area contributed by atoms with Crippen LogP contribution in [0, 0.1) is 0 Å². The summed E-state index contributed by atoms with van der Waals surface area (Å²) in [5, 5.41) is 3.08. The number of benzene rings is 1. The molecule has 3 nitrogen and oxygen atoms in total. The quantitative estimate of drug-likeness (QED) is 0.847. The molecule has 0 radical (unpaired) electrons. The highest BCUT2D eigenvalue weighted by Crippen LogP contribution is 2.20. The lowest BCUT2D eigenvalue weighted by Gasteiger charge is -2.28. The van der Waals surface area contributed by atoms with Crippen molar-refractivity contribution in [1.29, 1.82) is 0 Å². The van der Waals surface area contributed by atoms with Crippen molar-refractivity contribution >= 4 is 5.91 Å². The van der Waals surface area contributed by atoms with E-state index in [4.69, 9.17) is 0 Å². The number of hydrogen-bond donors (Lipinski definition) is 1. The molecule has 1 aliphatic heterocycles. The van der Waals surface area contributed by atoms with Gasteiger partial charge in [-0.1, -0.05) is 35.9 Å². The van der Waals surface area contributed by atoms with Crippen molar-refractivity contribution in [3.05, 3.63) is 47.0 Å². The Hall–Kier alpha value is -1.61. The summed E-state index contributed by atoms with van der Waals surface area (Å²) in [4.78, 5) is 14.3. The fourth-order valence-corrected chi connectivity index (χ4v) is 3.44. The third-order valence-electron chi connectivity index (χ3n) is 4.73. The Balaban J connectivity index is 1.40. The van der Waals surface area contributed by atoms with Gasteiger partial charge in [0.1, 0.15) is 0 Å². The van der Waals surface area contributed by atoms with Crippen LogP contribution in [0.25, 0.3) is 0 Å². The first-order valence-corrected chi connectivity index (χ1v) is 8.55.